The van der Waals surface area contributed by atoms with E-state index in [0.717, 1.165) is 109 Å². The summed E-state index contributed by atoms with van der Waals surface area (Å²) in [5.74, 6) is -0.0944. The predicted octanol–water partition coefficient (Wildman–Crippen LogP) is 15.3. The van der Waals surface area contributed by atoms with Crippen molar-refractivity contribution in [2.75, 3.05) is 6.61 Å². The highest BCUT2D eigenvalue weighted by molar-refractivity contribution is 5.76. The fourth-order valence-electron chi connectivity index (χ4n) is 5.97. The normalized spacial score (nSPS) is 14.3. The van der Waals surface area contributed by atoms with E-state index < -0.39 is 12.1 Å². The summed E-state index contributed by atoms with van der Waals surface area (Å²) in [5.41, 5.74) is 0. The second-order valence-electron chi connectivity index (χ2n) is 15.1. The SMILES string of the molecule is CC/C=C\C/C=C\C/C=C\C/C=C\C/C=C\C/C=C\C/C=C\C/C=C\C/C=C\C/C=C\CCCCCCCCCCC(=O)NC(CO)C(O)/C=C/CC/C=C/CCCC. The van der Waals surface area contributed by atoms with E-state index in [2.05, 4.69) is 153 Å². The lowest BCUT2D eigenvalue weighted by Gasteiger charge is -2.19. The van der Waals surface area contributed by atoms with E-state index in [1.807, 2.05) is 6.08 Å². The van der Waals surface area contributed by atoms with Gasteiger partial charge in [-0.15, -0.1) is 0 Å². The van der Waals surface area contributed by atoms with Crippen LogP contribution in [0, 0.1) is 0 Å². The van der Waals surface area contributed by atoms with E-state index >= 15 is 0 Å². The molecule has 4 nitrogen and oxygen atoms in total. The third-order valence-corrected chi connectivity index (χ3v) is 9.56. The Labute approximate surface area is 363 Å². The number of aliphatic hydroxyl groups excluding tert-OH is 2. The first-order chi connectivity index (χ1) is 29.2. The monoisotopic (exact) mass is 810 g/mol. The van der Waals surface area contributed by atoms with Gasteiger partial charge >= 0.3 is 0 Å². The quantitative estimate of drug-likeness (QED) is 0.0426. The number of aliphatic hydroxyl groups is 2. The van der Waals surface area contributed by atoms with E-state index in [4.69, 9.17) is 0 Å². The molecule has 4 heteroatoms. The van der Waals surface area contributed by atoms with Crippen molar-refractivity contribution in [3.05, 3.63) is 146 Å². The van der Waals surface area contributed by atoms with Crippen molar-refractivity contribution >= 4 is 5.91 Å². The van der Waals surface area contributed by atoms with Gasteiger partial charge < -0.3 is 15.5 Å². The van der Waals surface area contributed by atoms with Crippen LogP contribution in [0.25, 0.3) is 0 Å². The molecule has 0 saturated heterocycles. The molecule has 3 N–H and O–H groups in total. The first-order valence-electron chi connectivity index (χ1n) is 23.5. The molecular formula is C55H87NO3. The zero-order valence-electron chi connectivity index (χ0n) is 37.7. The first kappa shape index (κ1) is 55.3. The number of carbonyl (C=O) groups excluding carboxylic acids is 1. The van der Waals surface area contributed by atoms with Crippen molar-refractivity contribution < 1.29 is 15.0 Å². The minimum absolute atomic E-state index is 0.0944. The summed E-state index contributed by atoms with van der Waals surface area (Å²) in [5, 5.41) is 22.8. The summed E-state index contributed by atoms with van der Waals surface area (Å²) in [4.78, 5) is 12.3. The summed E-state index contributed by atoms with van der Waals surface area (Å²) in [6.07, 6.45) is 78.4. The van der Waals surface area contributed by atoms with Gasteiger partial charge in [-0.3, -0.25) is 4.79 Å². The Kier molecular flexibility index (Phi) is 45.6. The summed E-state index contributed by atoms with van der Waals surface area (Å²) in [6, 6.07) is -0.651. The van der Waals surface area contributed by atoms with Gasteiger partial charge in [-0.25, -0.2) is 0 Å². The molecule has 1 amide bonds. The maximum atomic E-state index is 12.3. The summed E-state index contributed by atoms with van der Waals surface area (Å²) < 4.78 is 0. The number of hydrogen-bond acceptors (Lipinski definition) is 3. The van der Waals surface area contributed by atoms with Gasteiger partial charge in [0.05, 0.1) is 18.8 Å². The average molecular weight is 810 g/mol. The Bertz CT molecular complexity index is 1280. The minimum atomic E-state index is -0.872. The van der Waals surface area contributed by atoms with Gasteiger partial charge in [-0.1, -0.05) is 211 Å². The van der Waals surface area contributed by atoms with Gasteiger partial charge in [0.2, 0.25) is 5.91 Å². The highest BCUT2D eigenvalue weighted by Crippen LogP contribution is 2.12. The Morgan fingerprint density at radius 2 is 0.763 bits per heavy atom. The van der Waals surface area contributed by atoms with Crippen LogP contribution in [0.15, 0.2) is 146 Å². The van der Waals surface area contributed by atoms with Crippen LogP contribution in [0.2, 0.25) is 0 Å². The average Bonchev–Trinajstić information content (AvgIpc) is 3.24. The fraction of sp³-hybridized carbons (Fsp3) is 0.545. The fourth-order valence-corrected chi connectivity index (χ4v) is 5.97. The molecule has 2 unspecified atom stereocenters. The third-order valence-electron chi connectivity index (χ3n) is 9.56. The minimum Gasteiger partial charge on any atom is -0.394 e. The molecule has 0 aliphatic rings. The van der Waals surface area contributed by atoms with Gasteiger partial charge in [-0.05, 0) is 103 Å². The van der Waals surface area contributed by atoms with Gasteiger partial charge in [0.15, 0.2) is 0 Å². The molecule has 0 aromatic carbocycles. The predicted molar refractivity (Wildman–Crippen MR) is 261 cm³/mol. The van der Waals surface area contributed by atoms with Gasteiger partial charge in [0, 0.05) is 6.42 Å². The van der Waals surface area contributed by atoms with Gasteiger partial charge in [-0.2, -0.15) is 0 Å². The molecule has 0 aliphatic carbocycles. The molecule has 0 radical (unpaired) electrons. The van der Waals surface area contributed by atoms with Crippen LogP contribution in [0.5, 0.6) is 0 Å². The van der Waals surface area contributed by atoms with Crippen LogP contribution < -0.4 is 5.32 Å². The van der Waals surface area contributed by atoms with Crippen LogP contribution in [0.1, 0.15) is 174 Å². The van der Waals surface area contributed by atoms with Crippen LogP contribution in [-0.2, 0) is 4.79 Å². The van der Waals surface area contributed by atoms with Crippen LogP contribution in [0.3, 0.4) is 0 Å². The zero-order chi connectivity index (χ0) is 42.8. The second kappa shape index (κ2) is 48.6. The van der Waals surface area contributed by atoms with Gasteiger partial charge in [0.25, 0.3) is 0 Å². The smallest absolute Gasteiger partial charge is 0.220 e. The van der Waals surface area contributed by atoms with Gasteiger partial charge in [0.1, 0.15) is 0 Å². The van der Waals surface area contributed by atoms with Crippen LogP contribution in [-0.4, -0.2) is 34.9 Å². The molecule has 0 aliphatic heterocycles. The summed E-state index contributed by atoms with van der Waals surface area (Å²) >= 11 is 0. The van der Waals surface area contributed by atoms with E-state index in [1.54, 1.807) is 6.08 Å². The topological polar surface area (TPSA) is 69.6 Å². The number of rotatable bonds is 40. The van der Waals surface area contributed by atoms with Crippen molar-refractivity contribution in [1.82, 2.24) is 5.32 Å². The molecule has 59 heavy (non-hydrogen) atoms. The van der Waals surface area contributed by atoms with Crippen molar-refractivity contribution in [1.29, 1.82) is 0 Å². The molecule has 0 spiro atoms. The molecule has 0 fully saturated rings. The molecule has 0 bridgehead atoms. The van der Waals surface area contributed by atoms with Crippen molar-refractivity contribution in [2.45, 2.75) is 187 Å². The van der Waals surface area contributed by atoms with Crippen LogP contribution in [0.4, 0.5) is 0 Å². The summed E-state index contributed by atoms with van der Waals surface area (Å²) in [7, 11) is 0. The number of unbranched alkanes of at least 4 members (excludes halogenated alkanes) is 11. The maximum Gasteiger partial charge on any atom is 0.220 e. The van der Waals surface area contributed by atoms with Crippen molar-refractivity contribution in [3.63, 3.8) is 0 Å². The van der Waals surface area contributed by atoms with Crippen molar-refractivity contribution in [2.24, 2.45) is 0 Å². The van der Waals surface area contributed by atoms with Crippen LogP contribution >= 0.6 is 0 Å². The Morgan fingerprint density at radius 3 is 1.19 bits per heavy atom. The lowest BCUT2D eigenvalue weighted by molar-refractivity contribution is -0.123. The molecule has 2 atom stereocenters. The maximum absolute atomic E-state index is 12.3. The number of hydrogen-bond donors (Lipinski definition) is 3. The van der Waals surface area contributed by atoms with E-state index in [-0.39, 0.29) is 12.5 Å². The number of nitrogens with one attached hydrogen (secondary N) is 1. The second-order valence-corrected chi connectivity index (χ2v) is 15.1. The molecule has 0 aromatic heterocycles. The molecular weight excluding hydrogens is 723 g/mol. The molecule has 0 saturated carbocycles. The largest absolute Gasteiger partial charge is 0.394 e. The summed E-state index contributed by atoms with van der Waals surface area (Å²) in [6.45, 7) is 4.08. The standard InChI is InChI=1S/C55H87NO3/c1-3-5-7-9-11-13-14-15-16-17-18-19-20-21-22-23-24-25-26-27-28-29-30-31-32-33-34-35-36-37-38-39-40-41-42-43-45-47-49-51-55(59)56-53(52-57)54(58)50-48-46-44-12-10-8-6-4-2/h5,7,10-13,15-16,18-19,21-22,24-25,27-28,30-31,33-34,36-37,48,50,53-54,57-58H,3-4,6,8-9,14,17,20,23,26,29,32,35,38-47,49,51-52H2,1-2H3,(H,56,59)/b7-5-,12-10+,13-11-,16-15-,19-18-,22-21-,25-24-,28-27-,31-30-,34-33-,37-36-,50-48+. The highest BCUT2D eigenvalue weighted by atomic mass is 16.3. The zero-order valence-corrected chi connectivity index (χ0v) is 37.7. The van der Waals surface area contributed by atoms with E-state index in [0.29, 0.717) is 6.42 Å². The molecule has 0 aromatic rings. The van der Waals surface area contributed by atoms with E-state index in [1.165, 1.54) is 44.9 Å². The molecule has 0 rings (SSSR count). The number of amides is 1. The number of allylic oxidation sites excluding steroid dienone is 23. The number of carbonyl (C=O) groups is 1. The Morgan fingerprint density at radius 1 is 0.424 bits per heavy atom. The Hall–Kier alpha value is -3.73. The molecule has 0 heterocycles. The Balaban J connectivity index is 3.66. The third kappa shape index (κ3) is 45.2. The lowest BCUT2D eigenvalue weighted by Crippen LogP contribution is -2.45. The first-order valence-corrected chi connectivity index (χ1v) is 23.5. The molecule has 330 valence electrons. The van der Waals surface area contributed by atoms with E-state index in [9.17, 15) is 15.0 Å². The van der Waals surface area contributed by atoms with Crippen molar-refractivity contribution in [3.8, 4) is 0 Å². The lowest BCUT2D eigenvalue weighted by atomic mass is 10.1. The highest BCUT2D eigenvalue weighted by Gasteiger charge is 2.17.